The monoisotopic (exact) mass is 523 g/mol. The summed E-state index contributed by atoms with van der Waals surface area (Å²) in [4.78, 5) is 51.4. The Balaban J connectivity index is 0.000000312. The summed E-state index contributed by atoms with van der Waals surface area (Å²) in [6.07, 6.45) is -0.124. The molecule has 2 aliphatic rings. The lowest BCUT2D eigenvalue weighted by atomic mass is 10.00. The fraction of sp³-hybridized carbons (Fsp3) is 0.393. The van der Waals surface area contributed by atoms with E-state index in [2.05, 4.69) is 0 Å². The number of para-hydroxylation sites is 1. The van der Waals surface area contributed by atoms with Crippen molar-refractivity contribution in [2.24, 2.45) is 5.73 Å². The van der Waals surface area contributed by atoms with Gasteiger partial charge in [-0.2, -0.15) is 0 Å². The number of aliphatic hydroxyl groups excluding tert-OH is 1. The van der Waals surface area contributed by atoms with Crippen molar-refractivity contribution in [3.8, 4) is 11.4 Å². The molecule has 1 amide bonds. The molecule has 1 aromatic carbocycles. The Bertz CT molecular complexity index is 1410. The first-order chi connectivity index (χ1) is 18.2. The standard InChI is InChI=1S/C20H14N2O5.C6H13NO2.C2H6/c1-10(23)27-18-13-7-16-17-12(6-11-4-2-3-5-15(11)21-17)8-22(16)19(24)14(13)9-26-20(18)25;1-2-5(8)3-4-6(7)9;1-2/h2-7,18H,8-9H2,1H3;5,8H,2-4H2,1H3,(H2,7,9);1-2H3. The van der Waals surface area contributed by atoms with E-state index in [0.29, 0.717) is 41.9 Å². The van der Waals surface area contributed by atoms with Crippen LogP contribution in [0.2, 0.25) is 0 Å². The molecule has 3 aromatic rings. The van der Waals surface area contributed by atoms with Gasteiger partial charge in [-0.1, -0.05) is 39.0 Å². The fourth-order valence-corrected chi connectivity index (χ4v) is 4.25. The Hall–Kier alpha value is -4.05. The summed E-state index contributed by atoms with van der Waals surface area (Å²) < 4.78 is 11.8. The smallest absolute Gasteiger partial charge is 0.352 e. The van der Waals surface area contributed by atoms with Crippen LogP contribution < -0.4 is 11.3 Å². The van der Waals surface area contributed by atoms with Gasteiger partial charge in [-0.3, -0.25) is 14.4 Å². The first-order valence-electron chi connectivity index (χ1n) is 12.7. The zero-order valence-electron chi connectivity index (χ0n) is 22.0. The van der Waals surface area contributed by atoms with Crippen LogP contribution in [0.15, 0.2) is 41.2 Å². The topological polar surface area (TPSA) is 151 Å². The number of rotatable bonds is 5. The zero-order chi connectivity index (χ0) is 28.0. The predicted molar refractivity (Wildman–Crippen MR) is 141 cm³/mol. The number of hydrogen-bond donors (Lipinski definition) is 2. The molecule has 2 atom stereocenters. The summed E-state index contributed by atoms with van der Waals surface area (Å²) in [5.74, 6) is -1.64. The van der Waals surface area contributed by atoms with Crippen molar-refractivity contribution in [1.82, 2.24) is 9.55 Å². The number of nitrogens with two attached hydrogens (primary N) is 1. The summed E-state index contributed by atoms with van der Waals surface area (Å²) in [5, 5.41) is 9.90. The van der Waals surface area contributed by atoms with E-state index in [9.17, 15) is 19.2 Å². The SMILES string of the molecule is CC.CC(=O)OC1C(=O)OCc2c1cc1n(c2=O)Cc2cc3ccccc3nc2-1.CCC(O)CCC(N)=O. The van der Waals surface area contributed by atoms with Crippen LogP contribution in [0.3, 0.4) is 0 Å². The molecule has 2 aromatic heterocycles. The molecular weight excluding hydrogens is 490 g/mol. The minimum Gasteiger partial charge on any atom is -0.458 e. The number of cyclic esters (lactones) is 1. The number of fused-ring (bicyclic) bond motifs is 5. The first-order valence-corrected chi connectivity index (χ1v) is 12.7. The number of esters is 2. The third-order valence-corrected chi connectivity index (χ3v) is 6.14. The van der Waals surface area contributed by atoms with Crippen molar-refractivity contribution in [3.63, 3.8) is 0 Å². The number of amides is 1. The Morgan fingerprint density at radius 1 is 1.24 bits per heavy atom. The van der Waals surface area contributed by atoms with Gasteiger partial charge >= 0.3 is 11.9 Å². The van der Waals surface area contributed by atoms with E-state index < -0.39 is 18.0 Å². The lowest BCUT2D eigenvalue weighted by Gasteiger charge is -2.24. The zero-order valence-corrected chi connectivity index (χ0v) is 22.0. The number of hydrogen-bond acceptors (Lipinski definition) is 8. The molecular formula is C28H33N3O7. The molecule has 10 nitrogen and oxygen atoms in total. The highest BCUT2D eigenvalue weighted by molar-refractivity contribution is 5.85. The number of aromatic nitrogens is 2. The average molecular weight is 524 g/mol. The minimum atomic E-state index is -1.23. The maximum Gasteiger partial charge on any atom is 0.352 e. The molecule has 0 saturated heterocycles. The van der Waals surface area contributed by atoms with Crippen LogP contribution >= 0.6 is 0 Å². The number of carbonyl (C=O) groups excluding carboxylic acids is 3. The van der Waals surface area contributed by atoms with E-state index >= 15 is 0 Å². The maximum absolute atomic E-state index is 13.0. The Morgan fingerprint density at radius 3 is 2.61 bits per heavy atom. The molecule has 4 heterocycles. The van der Waals surface area contributed by atoms with Gasteiger partial charge in [-0.05, 0) is 31.0 Å². The van der Waals surface area contributed by atoms with Crippen molar-refractivity contribution in [3.05, 3.63) is 63.4 Å². The summed E-state index contributed by atoms with van der Waals surface area (Å²) in [5.41, 5.74) is 8.38. The van der Waals surface area contributed by atoms with Crippen molar-refractivity contribution in [2.45, 2.75) is 72.3 Å². The number of benzene rings is 1. The first kappa shape index (κ1) is 28.5. The second kappa shape index (κ2) is 12.5. The number of primary amides is 1. The molecule has 38 heavy (non-hydrogen) atoms. The second-order valence-electron chi connectivity index (χ2n) is 8.71. The Kier molecular flexibility index (Phi) is 9.35. The van der Waals surface area contributed by atoms with Crippen molar-refractivity contribution < 1.29 is 29.0 Å². The van der Waals surface area contributed by atoms with Crippen LogP contribution in [0.25, 0.3) is 22.3 Å². The second-order valence-corrected chi connectivity index (χ2v) is 8.71. The largest absolute Gasteiger partial charge is 0.458 e. The van der Waals surface area contributed by atoms with Gasteiger partial charge in [-0.25, -0.2) is 9.78 Å². The number of carbonyl (C=O) groups is 3. The van der Waals surface area contributed by atoms with Gasteiger partial charge in [0.1, 0.15) is 6.61 Å². The number of nitrogens with zero attached hydrogens (tertiary/aromatic N) is 2. The quantitative estimate of drug-likeness (QED) is 0.379. The van der Waals surface area contributed by atoms with E-state index in [1.165, 1.54) is 6.92 Å². The van der Waals surface area contributed by atoms with E-state index in [1.54, 1.807) is 10.6 Å². The molecule has 0 saturated carbocycles. The molecule has 2 aliphatic heterocycles. The van der Waals surface area contributed by atoms with Crippen molar-refractivity contribution in [1.29, 1.82) is 0 Å². The predicted octanol–water partition coefficient (Wildman–Crippen LogP) is 3.14. The third kappa shape index (κ3) is 6.08. The van der Waals surface area contributed by atoms with Gasteiger partial charge in [0, 0.05) is 29.9 Å². The van der Waals surface area contributed by atoms with Crippen molar-refractivity contribution >= 4 is 28.7 Å². The highest BCUT2D eigenvalue weighted by atomic mass is 16.6. The Morgan fingerprint density at radius 2 is 1.95 bits per heavy atom. The van der Waals surface area contributed by atoms with Gasteiger partial charge in [0.15, 0.2) is 0 Å². The summed E-state index contributed by atoms with van der Waals surface area (Å²) in [6.45, 7) is 7.36. The van der Waals surface area contributed by atoms with E-state index in [1.807, 2.05) is 51.1 Å². The fourth-order valence-electron chi connectivity index (χ4n) is 4.25. The number of ether oxygens (including phenoxy) is 2. The molecule has 0 aliphatic carbocycles. The van der Waals surface area contributed by atoms with Gasteiger partial charge in [0.2, 0.25) is 12.0 Å². The molecule has 3 N–H and O–H groups in total. The molecule has 202 valence electrons. The summed E-state index contributed by atoms with van der Waals surface area (Å²) in [7, 11) is 0. The van der Waals surface area contributed by atoms with E-state index in [-0.39, 0.29) is 30.6 Å². The maximum atomic E-state index is 13.0. The lowest BCUT2D eigenvalue weighted by molar-refractivity contribution is -0.170. The lowest BCUT2D eigenvalue weighted by Crippen LogP contribution is -2.34. The van der Waals surface area contributed by atoms with Gasteiger partial charge in [0.25, 0.3) is 5.56 Å². The third-order valence-electron chi connectivity index (χ3n) is 6.14. The summed E-state index contributed by atoms with van der Waals surface area (Å²) in [6, 6.07) is 11.5. The normalized spacial score (nSPS) is 15.4. The molecule has 5 rings (SSSR count). The van der Waals surface area contributed by atoms with Gasteiger partial charge < -0.3 is 24.9 Å². The highest BCUT2D eigenvalue weighted by Gasteiger charge is 2.36. The molecule has 2 unspecified atom stereocenters. The molecule has 0 bridgehead atoms. The van der Waals surface area contributed by atoms with Crippen LogP contribution in [0.4, 0.5) is 0 Å². The molecule has 0 fully saturated rings. The van der Waals surface area contributed by atoms with Gasteiger partial charge in [-0.15, -0.1) is 0 Å². The number of pyridine rings is 2. The van der Waals surface area contributed by atoms with E-state index in [4.69, 9.17) is 25.3 Å². The average Bonchev–Trinajstić information content (AvgIpc) is 3.26. The van der Waals surface area contributed by atoms with Crippen LogP contribution in [0.5, 0.6) is 0 Å². The molecule has 0 radical (unpaired) electrons. The molecule has 0 spiro atoms. The highest BCUT2D eigenvalue weighted by Crippen LogP contribution is 2.36. The van der Waals surface area contributed by atoms with E-state index in [0.717, 1.165) is 16.5 Å². The summed E-state index contributed by atoms with van der Waals surface area (Å²) >= 11 is 0. The number of aliphatic hydroxyl groups is 1. The van der Waals surface area contributed by atoms with Crippen LogP contribution in [0, 0.1) is 0 Å². The van der Waals surface area contributed by atoms with Crippen LogP contribution in [-0.4, -0.2) is 38.6 Å². The minimum absolute atomic E-state index is 0.128. The van der Waals surface area contributed by atoms with Crippen molar-refractivity contribution in [2.75, 3.05) is 0 Å². The van der Waals surface area contributed by atoms with Crippen LogP contribution in [-0.2, 0) is 37.0 Å². The Labute approximate surface area is 220 Å². The molecule has 10 heteroatoms. The van der Waals surface area contributed by atoms with Gasteiger partial charge in [0.05, 0.1) is 35.1 Å². The van der Waals surface area contributed by atoms with Crippen LogP contribution in [0.1, 0.15) is 69.8 Å².